The van der Waals surface area contributed by atoms with E-state index in [1.807, 2.05) is 13.8 Å². The first-order valence-corrected chi connectivity index (χ1v) is 7.55. The zero-order chi connectivity index (χ0) is 16.0. The van der Waals surface area contributed by atoms with Crippen molar-refractivity contribution >= 4 is 11.4 Å². The maximum absolute atomic E-state index is 11.0. The van der Waals surface area contributed by atoms with Crippen LogP contribution in [0.4, 0.5) is 11.4 Å². The first kappa shape index (κ1) is 17.3. The van der Waals surface area contributed by atoms with Crippen molar-refractivity contribution in [3.8, 4) is 5.75 Å². The summed E-state index contributed by atoms with van der Waals surface area (Å²) in [6.07, 6.45) is 2.11. The summed E-state index contributed by atoms with van der Waals surface area (Å²) in [6.45, 7) is 10.2. The molecule has 1 aromatic carbocycles. The number of anilines is 1. The van der Waals surface area contributed by atoms with Crippen molar-refractivity contribution in [2.24, 2.45) is 5.92 Å². The molecular weight excluding hydrogens is 268 g/mol. The molecule has 0 saturated heterocycles. The molecule has 0 aliphatic heterocycles. The van der Waals surface area contributed by atoms with Gasteiger partial charge in [0.25, 0.3) is 0 Å². The number of nitrogens with one attached hydrogen (secondary N) is 1. The lowest BCUT2D eigenvalue weighted by Gasteiger charge is -2.19. The van der Waals surface area contributed by atoms with Crippen LogP contribution in [0.25, 0.3) is 0 Å². The summed E-state index contributed by atoms with van der Waals surface area (Å²) in [7, 11) is 0. The van der Waals surface area contributed by atoms with Gasteiger partial charge in [-0.15, -0.1) is 0 Å². The molecule has 5 heteroatoms. The van der Waals surface area contributed by atoms with Crippen LogP contribution >= 0.6 is 0 Å². The molecule has 0 amide bonds. The third-order valence-corrected chi connectivity index (χ3v) is 3.39. The summed E-state index contributed by atoms with van der Waals surface area (Å²) < 4.78 is 5.55. The van der Waals surface area contributed by atoms with Crippen LogP contribution in [-0.2, 0) is 0 Å². The maximum atomic E-state index is 11.0. The zero-order valence-electron chi connectivity index (χ0n) is 13.6. The van der Waals surface area contributed by atoms with E-state index in [-0.39, 0.29) is 11.8 Å². The second-order valence-electron chi connectivity index (χ2n) is 5.90. The topological polar surface area (TPSA) is 64.4 Å². The molecule has 1 aromatic rings. The molecule has 1 N–H and O–H groups in total. The Morgan fingerprint density at radius 2 is 1.95 bits per heavy atom. The highest BCUT2D eigenvalue weighted by Crippen LogP contribution is 2.31. The van der Waals surface area contributed by atoms with Gasteiger partial charge in [-0.3, -0.25) is 10.1 Å². The Balaban J connectivity index is 2.86. The molecule has 0 fully saturated rings. The lowest BCUT2D eigenvalue weighted by Crippen LogP contribution is -2.18. The fourth-order valence-electron chi connectivity index (χ4n) is 2.22. The van der Waals surface area contributed by atoms with Crippen molar-refractivity contribution in [1.82, 2.24) is 0 Å². The molecule has 118 valence electrons. The second-order valence-corrected chi connectivity index (χ2v) is 5.90. The number of nitrogens with zero attached hydrogens (tertiary/aromatic N) is 1. The third kappa shape index (κ3) is 5.61. The van der Waals surface area contributed by atoms with Crippen molar-refractivity contribution in [1.29, 1.82) is 0 Å². The molecular formula is C16H26N2O3. The van der Waals surface area contributed by atoms with E-state index in [9.17, 15) is 10.1 Å². The van der Waals surface area contributed by atoms with Crippen LogP contribution in [0.2, 0.25) is 0 Å². The number of ether oxygens (including phenoxy) is 1. The monoisotopic (exact) mass is 294 g/mol. The molecule has 0 heterocycles. The fourth-order valence-corrected chi connectivity index (χ4v) is 2.22. The van der Waals surface area contributed by atoms with Gasteiger partial charge in [-0.1, -0.05) is 20.3 Å². The van der Waals surface area contributed by atoms with Crippen LogP contribution in [0, 0.1) is 16.0 Å². The Labute approximate surface area is 126 Å². The normalized spacial score (nSPS) is 13.8. The number of rotatable bonds is 8. The summed E-state index contributed by atoms with van der Waals surface area (Å²) in [5.74, 6) is 0.965. The average Bonchev–Trinajstić information content (AvgIpc) is 2.37. The first-order valence-electron chi connectivity index (χ1n) is 7.55. The Morgan fingerprint density at radius 1 is 1.29 bits per heavy atom. The summed E-state index contributed by atoms with van der Waals surface area (Å²) in [4.78, 5) is 10.6. The van der Waals surface area contributed by atoms with E-state index in [0.717, 1.165) is 18.5 Å². The summed E-state index contributed by atoms with van der Waals surface area (Å²) in [5.41, 5.74) is 0.857. The van der Waals surface area contributed by atoms with Gasteiger partial charge in [0.1, 0.15) is 0 Å². The van der Waals surface area contributed by atoms with Gasteiger partial charge < -0.3 is 10.1 Å². The summed E-state index contributed by atoms with van der Waals surface area (Å²) >= 11 is 0. The van der Waals surface area contributed by atoms with Gasteiger partial charge >= 0.3 is 5.69 Å². The first-order chi connectivity index (χ1) is 9.83. The van der Waals surface area contributed by atoms with Gasteiger partial charge in [0, 0.05) is 23.9 Å². The van der Waals surface area contributed by atoms with Crippen LogP contribution in [0.5, 0.6) is 5.75 Å². The van der Waals surface area contributed by atoms with Gasteiger partial charge in [-0.2, -0.15) is 0 Å². The minimum absolute atomic E-state index is 0.00355. The molecule has 0 aliphatic carbocycles. The molecule has 5 nitrogen and oxygen atoms in total. The molecule has 0 bridgehead atoms. The highest BCUT2D eigenvalue weighted by atomic mass is 16.6. The van der Waals surface area contributed by atoms with E-state index < -0.39 is 4.92 Å². The Morgan fingerprint density at radius 3 is 2.48 bits per heavy atom. The summed E-state index contributed by atoms with van der Waals surface area (Å²) in [5, 5.41) is 14.4. The lowest BCUT2D eigenvalue weighted by atomic mass is 10.0. The molecule has 0 saturated carbocycles. The summed E-state index contributed by atoms with van der Waals surface area (Å²) in [6, 6.07) is 5.26. The van der Waals surface area contributed by atoms with Crippen LogP contribution in [0.1, 0.15) is 47.5 Å². The predicted octanol–water partition coefficient (Wildman–Crippen LogP) is 4.62. The van der Waals surface area contributed by atoms with Gasteiger partial charge in [-0.25, -0.2) is 0 Å². The van der Waals surface area contributed by atoms with Crippen molar-refractivity contribution < 1.29 is 9.66 Å². The SMILES string of the molecule is CCC(C)CC(C)Nc1ccc([N+](=O)[O-])c(OC(C)C)c1. The molecule has 2 unspecified atom stereocenters. The predicted molar refractivity (Wildman–Crippen MR) is 86.0 cm³/mol. The van der Waals surface area contributed by atoms with Crippen LogP contribution in [-0.4, -0.2) is 17.1 Å². The molecule has 21 heavy (non-hydrogen) atoms. The van der Waals surface area contributed by atoms with Crippen molar-refractivity contribution in [3.63, 3.8) is 0 Å². The molecule has 2 atom stereocenters. The van der Waals surface area contributed by atoms with Gasteiger partial charge in [-0.05, 0) is 39.2 Å². The van der Waals surface area contributed by atoms with Crippen molar-refractivity contribution in [3.05, 3.63) is 28.3 Å². The second kappa shape index (κ2) is 7.86. The van der Waals surface area contributed by atoms with Crippen molar-refractivity contribution in [2.45, 2.75) is 59.6 Å². The van der Waals surface area contributed by atoms with Gasteiger partial charge in [0.2, 0.25) is 0 Å². The molecule has 0 aliphatic rings. The minimum Gasteiger partial charge on any atom is -0.484 e. The van der Waals surface area contributed by atoms with E-state index in [4.69, 9.17) is 4.74 Å². The standard InChI is InChI=1S/C16H26N2O3/c1-6-12(4)9-13(5)17-14-7-8-15(18(19)20)16(10-14)21-11(2)3/h7-8,10-13,17H,6,9H2,1-5H3. The van der Waals surface area contributed by atoms with E-state index in [0.29, 0.717) is 17.7 Å². The average molecular weight is 294 g/mol. The van der Waals surface area contributed by atoms with Crippen LogP contribution < -0.4 is 10.1 Å². The van der Waals surface area contributed by atoms with E-state index in [2.05, 4.69) is 26.1 Å². The smallest absolute Gasteiger partial charge is 0.311 e. The fraction of sp³-hybridized carbons (Fsp3) is 0.625. The number of benzene rings is 1. The van der Waals surface area contributed by atoms with Gasteiger partial charge in [0.05, 0.1) is 11.0 Å². The number of nitro benzene ring substituents is 1. The van der Waals surface area contributed by atoms with Crippen LogP contribution in [0.15, 0.2) is 18.2 Å². The molecule has 0 aromatic heterocycles. The molecule has 1 rings (SSSR count). The van der Waals surface area contributed by atoms with Gasteiger partial charge in [0.15, 0.2) is 5.75 Å². The van der Waals surface area contributed by atoms with E-state index in [1.165, 1.54) is 6.07 Å². The number of hydrogen-bond donors (Lipinski definition) is 1. The third-order valence-electron chi connectivity index (χ3n) is 3.39. The Kier molecular flexibility index (Phi) is 6.46. The molecule has 0 radical (unpaired) electrons. The number of nitro groups is 1. The quantitative estimate of drug-likeness (QED) is 0.561. The zero-order valence-corrected chi connectivity index (χ0v) is 13.6. The molecule has 0 spiro atoms. The largest absolute Gasteiger partial charge is 0.484 e. The van der Waals surface area contributed by atoms with E-state index >= 15 is 0 Å². The Bertz CT molecular complexity index is 475. The highest BCUT2D eigenvalue weighted by molar-refractivity contribution is 5.58. The van der Waals surface area contributed by atoms with Crippen molar-refractivity contribution in [2.75, 3.05) is 5.32 Å². The Hall–Kier alpha value is -1.78. The minimum atomic E-state index is -0.413. The highest BCUT2D eigenvalue weighted by Gasteiger charge is 2.17. The number of hydrogen-bond acceptors (Lipinski definition) is 4. The van der Waals surface area contributed by atoms with E-state index in [1.54, 1.807) is 12.1 Å². The maximum Gasteiger partial charge on any atom is 0.311 e. The lowest BCUT2D eigenvalue weighted by molar-refractivity contribution is -0.386. The van der Waals surface area contributed by atoms with Crippen LogP contribution in [0.3, 0.4) is 0 Å².